The summed E-state index contributed by atoms with van der Waals surface area (Å²) >= 11 is 0. The molecule has 2 aromatic heterocycles. The molecular formula is C21H16F6N4O. The third-order valence-electron chi connectivity index (χ3n) is 4.47. The van der Waals surface area contributed by atoms with E-state index in [1.165, 1.54) is 12.1 Å². The third kappa shape index (κ3) is 4.69. The SMILES string of the molecule is CC(C)(C#Cc1nccc(N(CC(F)F)c2nc(=O)[nH]c3cccc(F)c23)c1F)C(F)F. The van der Waals surface area contributed by atoms with Gasteiger partial charge >= 0.3 is 5.69 Å². The van der Waals surface area contributed by atoms with Gasteiger partial charge in [-0.2, -0.15) is 4.98 Å². The second kappa shape index (κ2) is 8.90. The molecule has 3 aromatic rings. The summed E-state index contributed by atoms with van der Waals surface area (Å²) in [6.07, 6.45) is -4.83. The normalized spacial score (nSPS) is 11.7. The molecule has 2 heterocycles. The molecule has 5 nitrogen and oxygen atoms in total. The van der Waals surface area contributed by atoms with Crippen molar-refractivity contribution in [1.82, 2.24) is 15.0 Å². The van der Waals surface area contributed by atoms with Gasteiger partial charge in [-0.1, -0.05) is 12.0 Å². The van der Waals surface area contributed by atoms with E-state index in [2.05, 4.69) is 26.8 Å². The topological polar surface area (TPSA) is 61.9 Å². The number of hydrogen-bond acceptors (Lipinski definition) is 4. The quantitative estimate of drug-likeness (QED) is 0.451. The zero-order valence-corrected chi connectivity index (χ0v) is 16.8. The standard InChI is InChI=1S/C21H16F6N4O/c1-21(2,19(26)27)8-6-13-17(25)14(7-9-28-13)31(10-15(23)24)18-16-11(22)4-3-5-12(16)29-20(32)30-18/h3-5,7,9,15,19H,10H2,1-2H3,(H,29,30,32). The largest absolute Gasteiger partial charge is 0.347 e. The number of fused-ring (bicyclic) bond motifs is 1. The molecule has 0 unspecified atom stereocenters. The van der Waals surface area contributed by atoms with Crippen LogP contribution in [-0.4, -0.2) is 34.3 Å². The first-order valence-electron chi connectivity index (χ1n) is 9.21. The molecule has 0 fully saturated rings. The number of pyridine rings is 1. The highest BCUT2D eigenvalue weighted by Crippen LogP contribution is 2.33. The van der Waals surface area contributed by atoms with Crippen LogP contribution in [-0.2, 0) is 0 Å². The lowest BCUT2D eigenvalue weighted by Crippen LogP contribution is -2.29. The summed E-state index contributed by atoms with van der Waals surface area (Å²) in [5.41, 5.74) is -3.88. The Kier molecular flexibility index (Phi) is 6.43. The first-order valence-corrected chi connectivity index (χ1v) is 9.21. The first kappa shape index (κ1) is 23.1. The number of H-pyrrole nitrogens is 1. The predicted octanol–water partition coefficient (Wildman–Crippen LogP) is 4.64. The molecule has 0 atom stereocenters. The maximum atomic E-state index is 15.2. The number of nitrogens with zero attached hydrogens (tertiary/aromatic N) is 3. The maximum absolute atomic E-state index is 15.2. The number of benzene rings is 1. The molecule has 0 amide bonds. The van der Waals surface area contributed by atoms with Crippen molar-refractivity contribution in [2.75, 3.05) is 11.4 Å². The van der Waals surface area contributed by atoms with Gasteiger partial charge < -0.3 is 9.88 Å². The summed E-state index contributed by atoms with van der Waals surface area (Å²) in [6, 6.07) is 4.66. The molecule has 0 aliphatic rings. The zero-order chi connectivity index (χ0) is 23.6. The van der Waals surface area contributed by atoms with Gasteiger partial charge in [0.25, 0.3) is 12.9 Å². The summed E-state index contributed by atoms with van der Waals surface area (Å²) in [4.78, 5) is 22.2. The number of hydrogen-bond donors (Lipinski definition) is 1. The van der Waals surface area contributed by atoms with E-state index < -0.39 is 59.3 Å². The number of aromatic amines is 1. The first-order chi connectivity index (χ1) is 15.0. The number of nitrogens with one attached hydrogen (secondary N) is 1. The van der Waals surface area contributed by atoms with Gasteiger partial charge in [-0.3, -0.25) is 0 Å². The van der Waals surface area contributed by atoms with Crippen molar-refractivity contribution in [2.45, 2.75) is 26.7 Å². The predicted molar refractivity (Wildman–Crippen MR) is 106 cm³/mol. The second-order valence-corrected chi connectivity index (χ2v) is 7.29. The van der Waals surface area contributed by atoms with Crippen LogP contribution in [0.2, 0.25) is 0 Å². The highest BCUT2D eigenvalue weighted by Gasteiger charge is 2.28. The number of aromatic nitrogens is 3. The Morgan fingerprint density at radius 3 is 2.53 bits per heavy atom. The Hall–Kier alpha value is -3.55. The minimum atomic E-state index is -3.03. The monoisotopic (exact) mass is 454 g/mol. The lowest BCUT2D eigenvalue weighted by Gasteiger charge is -2.25. The summed E-state index contributed by atoms with van der Waals surface area (Å²) < 4.78 is 82.5. The second-order valence-electron chi connectivity index (χ2n) is 7.29. The van der Waals surface area contributed by atoms with Crippen LogP contribution in [0.3, 0.4) is 0 Å². The lowest BCUT2D eigenvalue weighted by atomic mass is 9.95. The molecule has 0 aliphatic heterocycles. The summed E-state index contributed by atoms with van der Waals surface area (Å²) in [7, 11) is 0. The van der Waals surface area contributed by atoms with Gasteiger partial charge in [0.05, 0.1) is 28.6 Å². The Balaban J connectivity index is 2.23. The van der Waals surface area contributed by atoms with Crippen LogP contribution in [0.5, 0.6) is 0 Å². The van der Waals surface area contributed by atoms with Gasteiger partial charge in [0.2, 0.25) is 0 Å². The van der Waals surface area contributed by atoms with Crippen molar-refractivity contribution < 1.29 is 26.3 Å². The van der Waals surface area contributed by atoms with Crippen LogP contribution in [0.4, 0.5) is 37.8 Å². The summed E-state index contributed by atoms with van der Waals surface area (Å²) in [5, 5.41) is -0.310. The highest BCUT2D eigenvalue weighted by molar-refractivity contribution is 5.92. The van der Waals surface area contributed by atoms with Gasteiger partial charge in [0.15, 0.2) is 17.3 Å². The van der Waals surface area contributed by atoms with Gasteiger partial charge in [-0.05, 0) is 38.0 Å². The Morgan fingerprint density at radius 1 is 1.16 bits per heavy atom. The number of anilines is 2. The zero-order valence-electron chi connectivity index (χ0n) is 16.8. The summed E-state index contributed by atoms with van der Waals surface area (Å²) in [5.74, 6) is 1.78. The molecule has 0 radical (unpaired) electrons. The summed E-state index contributed by atoms with van der Waals surface area (Å²) in [6.45, 7) is 1.14. The van der Waals surface area contributed by atoms with Gasteiger partial charge in [-0.25, -0.2) is 36.1 Å². The smallest absolute Gasteiger partial charge is 0.317 e. The van der Waals surface area contributed by atoms with Crippen molar-refractivity contribution in [3.8, 4) is 11.8 Å². The molecule has 32 heavy (non-hydrogen) atoms. The van der Waals surface area contributed by atoms with Crippen LogP contribution >= 0.6 is 0 Å². The van der Waals surface area contributed by atoms with Crippen LogP contribution in [0, 0.1) is 28.9 Å². The van der Waals surface area contributed by atoms with Crippen LogP contribution < -0.4 is 10.6 Å². The van der Waals surface area contributed by atoms with E-state index in [0.717, 1.165) is 32.2 Å². The number of alkyl halides is 4. The van der Waals surface area contributed by atoms with Gasteiger partial charge in [0.1, 0.15) is 5.82 Å². The van der Waals surface area contributed by atoms with E-state index in [0.29, 0.717) is 4.90 Å². The molecule has 1 N–H and O–H groups in total. The van der Waals surface area contributed by atoms with Gasteiger partial charge in [0, 0.05) is 6.20 Å². The molecule has 0 bridgehead atoms. The average molecular weight is 454 g/mol. The minimum absolute atomic E-state index is 0.0348. The fourth-order valence-corrected chi connectivity index (χ4v) is 2.79. The van der Waals surface area contributed by atoms with Gasteiger partial charge in [-0.15, -0.1) is 0 Å². The molecule has 11 heteroatoms. The molecule has 168 valence electrons. The van der Waals surface area contributed by atoms with E-state index in [1.54, 1.807) is 0 Å². The fraction of sp³-hybridized carbons (Fsp3) is 0.286. The van der Waals surface area contributed by atoms with Crippen molar-refractivity contribution in [2.24, 2.45) is 5.41 Å². The van der Waals surface area contributed by atoms with E-state index in [-0.39, 0.29) is 10.9 Å². The maximum Gasteiger partial charge on any atom is 0.347 e. The van der Waals surface area contributed by atoms with E-state index in [4.69, 9.17) is 0 Å². The molecular weight excluding hydrogens is 438 g/mol. The number of halogens is 6. The Bertz CT molecular complexity index is 1260. The molecule has 3 rings (SSSR count). The molecule has 0 saturated carbocycles. The molecule has 0 saturated heterocycles. The Labute approximate surface area is 178 Å². The van der Waals surface area contributed by atoms with Crippen molar-refractivity contribution >= 4 is 22.4 Å². The van der Waals surface area contributed by atoms with Crippen molar-refractivity contribution in [3.63, 3.8) is 0 Å². The van der Waals surface area contributed by atoms with E-state index in [9.17, 15) is 26.7 Å². The van der Waals surface area contributed by atoms with Crippen LogP contribution in [0.15, 0.2) is 35.3 Å². The minimum Gasteiger partial charge on any atom is -0.317 e. The highest BCUT2D eigenvalue weighted by atomic mass is 19.3. The molecule has 0 aliphatic carbocycles. The van der Waals surface area contributed by atoms with E-state index >= 15 is 4.39 Å². The van der Waals surface area contributed by atoms with Crippen molar-refractivity contribution in [3.05, 3.63) is 58.3 Å². The van der Waals surface area contributed by atoms with Crippen LogP contribution in [0.25, 0.3) is 10.9 Å². The van der Waals surface area contributed by atoms with Crippen LogP contribution in [0.1, 0.15) is 19.5 Å². The molecule has 0 spiro atoms. The Morgan fingerprint density at radius 2 is 1.88 bits per heavy atom. The fourth-order valence-electron chi connectivity index (χ4n) is 2.79. The third-order valence-corrected chi connectivity index (χ3v) is 4.47. The van der Waals surface area contributed by atoms with E-state index in [1.807, 2.05) is 0 Å². The van der Waals surface area contributed by atoms with Crippen molar-refractivity contribution in [1.29, 1.82) is 0 Å². The average Bonchev–Trinajstić information content (AvgIpc) is 2.70. The number of rotatable bonds is 5. The lowest BCUT2D eigenvalue weighted by molar-refractivity contribution is 0.0570. The molecule has 1 aromatic carbocycles.